The lowest BCUT2D eigenvalue weighted by molar-refractivity contribution is -0.129. The van der Waals surface area contributed by atoms with E-state index in [9.17, 15) is 4.79 Å². The highest BCUT2D eigenvalue weighted by Crippen LogP contribution is 2.32. The Balaban J connectivity index is 2.12. The maximum absolute atomic E-state index is 12.6. The van der Waals surface area contributed by atoms with Crippen molar-refractivity contribution in [2.24, 2.45) is 12.5 Å². The molecule has 2 heterocycles. The second-order valence-corrected chi connectivity index (χ2v) is 5.41. The van der Waals surface area contributed by atoms with Crippen molar-refractivity contribution in [3.63, 3.8) is 0 Å². The van der Waals surface area contributed by atoms with Gasteiger partial charge in [0.05, 0.1) is 5.69 Å². The average Bonchev–Trinajstić information content (AvgIpc) is 2.68. The molecule has 1 fully saturated rings. The van der Waals surface area contributed by atoms with Crippen LogP contribution in [-0.2, 0) is 18.3 Å². The van der Waals surface area contributed by atoms with E-state index in [0.717, 1.165) is 43.7 Å². The molecule has 4 nitrogen and oxygen atoms in total. The van der Waals surface area contributed by atoms with Crippen molar-refractivity contribution in [2.45, 2.75) is 39.5 Å². The van der Waals surface area contributed by atoms with Crippen LogP contribution in [0.15, 0.2) is 6.07 Å². The number of hydrogen-bond acceptors (Lipinski definition) is 3. The summed E-state index contributed by atoms with van der Waals surface area (Å²) >= 11 is 0. The van der Waals surface area contributed by atoms with E-state index in [1.807, 2.05) is 24.7 Å². The number of nitrogens with one attached hydrogen (secondary N) is 1. The molecule has 2 rings (SSSR count). The van der Waals surface area contributed by atoms with E-state index >= 15 is 0 Å². The number of Topliss-reactive ketones (excluding diaryl/α,β-unsaturated/α-hetero) is 1. The molecule has 18 heavy (non-hydrogen) atoms. The van der Waals surface area contributed by atoms with Gasteiger partial charge >= 0.3 is 0 Å². The van der Waals surface area contributed by atoms with Crippen LogP contribution >= 0.6 is 0 Å². The van der Waals surface area contributed by atoms with Gasteiger partial charge in [0.2, 0.25) is 0 Å². The molecule has 1 aliphatic rings. The van der Waals surface area contributed by atoms with Gasteiger partial charge in [-0.3, -0.25) is 9.48 Å². The Labute approximate surface area is 109 Å². The highest BCUT2D eigenvalue weighted by Gasteiger charge is 2.37. The second-order valence-electron chi connectivity index (χ2n) is 5.41. The fraction of sp³-hybridized carbons (Fsp3) is 0.714. The molecule has 4 heteroatoms. The molecule has 0 aromatic carbocycles. The summed E-state index contributed by atoms with van der Waals surface area (Å²) in [6.07, 6.45) is 3.55. The number of ketones is 1. The molecule has 1 atom stereocenters. The van der Waals surface area contributed by atoms with Gasteiger partial charge in [0.15, 0.2) is 0 Å². The van der Waals surface area contributed by atoms with Crippen LogP contribution < -0.4 is 5.32 Å². The predicted molar refractivity (Wildman–Crippen MR) is 71.5 cm³/mol. The number of rotatable bonds is 4. The van der Waals surface area contributed by atoms with Crippen molar-refractivity contribution < 1.29 is 4.79 Å². The van der Waals surface area contributed by atoms with Crippen molar-refractivity contribution >= 4 is 5.78 Å². The van der Waals surface area contributed by atoms with Gasteiger partial charge in [0.1, 0.15) is 5.78 Å². The molecule has 1 N–H and O–H groups in total. The van der Waals surface area contributed by atoms with Crippen LogP contribution in [-0.4, -0.2) is 28.7 Å². The van der Waals surface area contributed by atoms with Crippen molar-refractivity contribution in [1.29, 1.82) is 0 Å². The molecule has 1 aromatic heterocycles. The highest BCUT2D eigenvalue weighted by atomic mass is 16.1. The summed E-state index contributed by atoms with van der Waals surface area (Å²) in [6.45, 7) is 5.96. The molecule has 0 amide bonds. The zero-order valence-corrected chi connectivity index (χ0v) is 11.6. The van der Waals surface area contributed by atoms with Crippen molar-refractivity contribution in [1.82, 2.24) is 15.1 Å². The Kier molecular flexibility index (Phi) is 3.85. The first-order valence-electron chi connectivity index (χ1n) is 6.81. The second kappa shape index (κ2) is 5.22. The third-order valence-corrected chi connectivity index (χ3v) is 4.18. The normalized spacial score (nSPS) is 24.2. The molecule has 100 valence electrons. The van der Waals surface area contributed by atoms with Gasteiger partial charge in [-0.05, 0) is 38.8 Å². The fourth-order valence-corrected chi connectivity index (χ4v) is 2.89. The number of carbonyl (C=O) groups is 1. The maximum Gasteiger partial charge on any atom is 0.146 e. The maximum atomic E-state index is 12.6. The minimum Gasteiger partial charge on any atom is -0.316 e. The average molecular weight is 249 g/mol. The van der Waals surface area contributed by atoms with E-state index < -0.39 is 0 Å². The Hall–Kier alpha value is -1.16. The van der Waals surface area contributed by atoms with Gasteiger partial charge < -0.3 is 5.32 Å². The van der Waals surface area contributed by atoms with Crippen molar-refractivity contribution in [3.05, 3.63) is 17.5 Å². The van der Waals surface area contributed by atoms with E-state index in [1.165, 1.54) is 0 Å². The molecule has 0 spiro atoms. The third kappa shape index (κ3) is 2.48. The van der Waals surface area contributed by atoms with Crippen LogP contribution in [0.5, 0.6) is 0 Å². The number of aryl methyl sites for hydroxylation is 2. The molecule has 0 aliphatic carbocycles. The molecule has 1 aromatic rings. The van der Waals surface area contributed by atoms with Crippen LogP contribution in [0, 0.1) is 12.3 Å². The molecule has 0 saturated carbocycles. The van der Waals surface area contributed by atoms with E-state index in [1.54, 1.807) is 0 Å². The van der Waals surface area contributed by atoms with Crippen LogP contribution in [0.3, 0.4) is 0 Å². The molecular weight excluding hydrogens is 226 g/mol. The van der Waals surface area contributed by atoms with Gasteiger partial charge in [-0.2, -0.15) is 5.10 Å². The Bertz CT molecular complexity index is 430. The lowest BCUT2D eigenvalue weighted by Gasteiger charge is -2.35. The van der Waals surface area contributed by atoms with Crippen molar-refractivity contribution in [3.8, 4) is 0 Å². The zero-order valence-electron chi connectivity index (χ0n) is 11.6. The van der Waals surface area contributed by atoms with Crippen LogP contribution in [0.2, 0.25) is 0 Å². The van der Waals surface area contributed by atoms with Crippen molar-refractivity contribution in [2.75, 3.05) is 13.1 Å². The Morgan fingerprint density at radius 3 is 2.89 bits per heavy atom. The summed E-state index contributed by atoms with van der Waals surface area (Å²) in [5, 5.41) is 7.68. The summed E-state index contributed by atoms with van der Waals surface area (Å²) in [4.78, 5) is 12.6. The first-order valence-corrected chi connectivity index (χ1v) is 6.81. The summed E-state index contributed by atoms with van der Waals surface area (Å²) in [6, 6.07) is 2.01. The first-order chi connectivity index (χ1) is 8.57. The SMILES string of the molecule is CCC1(C(=O)Cc2cc(C)nn2C)CCCNC1. The van der Waals surface area contributed by atoms with Gasteiger partial charge in [0.25, 0.3) is 0 Å². The number of hydrogen-bond donors (Lipinski definition) is 1. The summed E-state index contributed by atoms with van der Waals surface area (Å²) in [7, 11) is 1.91. The largest absolute Gasteiger partial charge is 0.316 e. The van der Waals surface area contributed by atoms with E-state index in [4.69, 9.17) is 0 Å². The third-order valence-electron chi connectivity index (χ3n) is 4.18. The number of piperidine rings is 1. The summed E-state index contributed by atoms with van der Waals surface area (Å²) in [5.74, 6) is 0.361. The number of carbonyl (C=O) groups excluding carboxylic acids is 1. The van der Waals surface area contributed by atoms with Gasteiger partial charge in [0, 0.05) is 31.1 Å². The summed E-state index contributed by atoms with van der Waals surface area (Å²) in [5.41, 5.74) is 1.85. The molecule has 0 radical (unpaired) electrons. The smallest absolute Gasteiger partial charge is 0.146 e. The summed E-state index contributed by atoms with van der Waals surface area (Å²) < 4.78 is 1.83. The van der Waals surface area contributed by atoms with Crippen LogP contribution in [0.4, 0.5) is 0 Å². The standard InChI is InChI=1S/C14H23N3O/c1-4-14(6-5-7-15-10-14)13(18)9-12-8-11(2)16-17(12)3/h8,15H,4-7,9-10H2,1-3H3. The van der Waals surface area contributed by atoms with E-state index in [2.05, 4.69) is 17.3 Å². The fourth-order valence-electron chi connectivity index (χ4n) is 2.89. The number of aromatic nitrogens is 2. The minimum absolute atomic E-state index is 0.156. The van der Waals surface area contributed by atoms with Gasteiger partial charge in [-0.25, -0.2) is 0 Å². The molecular formula is C14H23N3O. The van der Waals surface area contributed by atoms with Crippen LogP contribution in [0.1, 0.15) is 37.6 Å². The lowest BCUT2D eigenvalue weighted by Crippen LogP contribution is -2.45. The van der Waals surface area contributed by atoms with E-state index in [0.29, 0.717) is 12.2 Å². The monoisotopic (exact) mass is 249 g/mol. The quantitative estimate of drug-likeness (QED) is 0.882. The highest BCUT2D eigenvalue weighted by molar-refractivity contribution is 5.86. The van der Waals surface area contributed by atoms with Gasteiger partial charge in [-0.15, -0.1) is 0 Å². The predicted octanol–water partition coefficient (Wildman–Crippen LogP) is 1.62. The first kappa shape index (κ1) is 13.3. The van der Waals surface area contributed by atoms with E-state index in [-0.39, 0.29) is 5.41 Å². The lowest BCUT2D eigenvalue weighted by atomic mass is 9.73. The van der Waals surface area contributed by atoms with Crippen LogP contribution in [0.25, 0.3) is 0 Å². The molecule has 1 unspecified atom stereocenters. The zero-order chi connectivity index (χ0) is 13.2. The topological polar surface area (TPSA) is 46.9 Å². The van der Waals surface area contributed by atoms with Gasteiger partial charge in [-0.1, -0.05) is 6.92 Å². The number of nitrogens with zero attached hydrogens (tertiary/aromatic N) is 2. The Morgan fingerprint density at radius 2 is 2.39 bits per heavy atom. The molecule has 1 aliphatic heterocycles. The molecule has 0 bridgehead atoms. The Morgan fingerprint density at radius 1 is 1.61 bits per heavy atom. The minimum atomic E-state index is -0.156. The molecule has 1 saturated heterocycles.